The monoisotopic (exact) mass is 340 g/mol. The minimum absolute atomic E-state index is 0.392. The molecule has 0 spiro atoms. The fourth-order valence-corrected chi connectivity index (χ4v) is 3.52. The van der Waals surface area contributed by atoms with Crippen molar-refractivity contribution in [1.82, 2.24) is 0 Å². The first kappa shape index (κ1) is 13.7. The van der Waals surface area contributed by atoms with Gasteiger partial charge in [-0.25, -0.2) is 12.8 Å². The third kappa shape index (κ3) is 2.67. The van der Waals surface area contributed by atoms with Crippen LogP contribution >= 0.6 is 26.6 Å². The summed E-state index contributed by atoms with van der Waals surface area (Å²) in [7, 11) is 0.229. The van der Waals surface area contributed by atoms with Gasteiger partial charge in [-0.05, 0) is 28.1 Å². The summed E-state index contributed by atoms with van der Waals surface area (Å²) >= 11 is 2.38. The number of hydrogen-bond acceptors (Lipinski definition) is 2. The lowest BCUT2D eigenvalue weighted by molar-refractivity contribution is -0.138. The minimum Gasteiger partial charge on any atom is -0.207 e. The molecular weight excluding hydrogens is 339 g/mol. The molecule has 1 aromatic rings. The first-order chi connectivity index (χ1) is 7.05. The van der Waals surface area contributed by atoms with Gasteiger partial charge in [-0.3, -0.25) is 0 Å². The van der Waals surface area contributed by atoms with Crippen molar-refractivity contribution in [2.24, 2.45) is 0 Å². The standard InChI is InChI=1S/C7H2BrClF4O2S/c8-5-3(7(11,12)13)1-2-4(10)6(5)16(9,14)15/h1-2H. The smallest absolute Gasteiger partial charge is 0.207 e. The molecule has 0 aliphatic heterocycles. The van der Waals surface area contributed by atoms with Crippen molar-refractivity contribution in [3.8, 4) is 0 Å². The molecule has 0 amide bonds. The lowest BCUT2D eigenvalue weighted by Gasteiger charge is -2.11. The fourth-order valence-electron chi connectivity index (χ4n) is 0.975. The maximum Gasteiger partial charge on any atom is 0.417 e. The van der Waals surface area contributed by atoms with Crippen LogP contribution in [0.15, 0.2) is 21.5 Å². The highest BCUT2D eigenvalue weighted by atomic mass is 79.9. The summed E-state index contributed by atoms with van der Waals surface area (Å²) in [5.41, 5.74) is -1.31. The predicted octanol–water partition coefficient (Wildman–Crippen LogP) is 3.53. The van der Waals surface area contributed by atoms with E-state index in [1.54, 1.807) is 0 Å². The van der Waals surface area contributed by atoms with Gasteiger partial charge in [0.05, 0.1) is 10.0 Å². The number of hydrogen-bond donors (Lipinski definition) is 0. The van der Waals surface area contributed by atoms with Gasteiger partial charge in [0.25, 0.3) is 9.05 Å². The van der Waals surface area contributed by atoms with Crippen molar-refractivity contribution < 1.29 is 26.0 Å². The zero-order valence-electron chi connectivity index (χ0n) is 7.15. The quantitative estimate of drug-likeness (QED) is 0.578. The van der Waals surface area contributed by atoms with E-state index >= 15 is 0 Å². The van der Waals surface area contributed by atoms with Crippen LogP contribution in [0.1, 0.15) is 5.56 Å². The zero-order valence-corrected chi connectivity index (χ0v) is 10.3. The highest BCUT2D eigenvalue weighted by Gasteiger charge is 2.36. The third-order valence-electron chi connectivity index (χ3n) is 1.60. The number of rotatable bonds is 1. The lowest BCUT2D eigenvalue weighted by Crippen LogP contribution is -2.09. The highest BCUT2D eigenvalue weighted by Crippen LogP contribution is 2.39. The van der Waals surface area contributed by atoms with Crippen LogP contribution in [0.2, 0.25) is 0 Å². The molecule has 2 nitrogen and oxygen atoms in total. The van der Waals surface area contributed by atoms with Gasteiger partial charge in [0.2, 0.25) is 0 Å². The normalized spacial score (nSPS) is 12.9. The van der Waals surface area contributed by atoms with Crippen LogP contribution in [0.25, 0.3) is 0 Å². The van der Waals surface area contributed by atoms with Crippen molar-refractivity contribution in [3.05, 3.63) is 28.0 Å². The SMILES string of the molecule is O=S(=O)(Cl)c1c(F)ccc(C(F)(F)F)c1Br. The van der Waals surface area contributed by atoms with Gasteiger partial charge in [-0.2, -0.15) is 13.2 Å². The molecule has 0 bridgehead atoms. The van der Waals surface area contributed by atoms with E-state index in [1.807, 2.05) is 0 Å². The van der Waals surface area contributed by atoms with E-state index < -0.39 is 36.0 Å². The van der Waals surface area contributed by atoms with Gasteiger partial charge < -0.3 is 0 Å². The number of alkyl halides is 3. The van der Waals surface area contributed by atoms with Crippen LogP contribution in [0.4, 0.5) is 17.6 Å². The van der Waals surface area contributed by atoms with E-state index in [4.69, 9.17) is 10.7 Å². The summed E-state index contributed by atoms with van der Waals surface area (Å²) in [4.78, 5) is -1.22. The van der Waals surface area contributed by atoms with Crippen LogP contribution < -0.4 is 0 Å². The van der Waals surface area contributed by atoms with Crippen molar-refractivity contribution in [1.29, 1.82) is 0 Å². The van der Waals surface area contributed by atoms with E-state index in [0.717, 1.165) is 0 Å². The Morgan fingerprint density at radius 2 is 1.75 bits per heavy atom. The Morgan fingerprint density at radius 1 is 1.25 bits per heavy atom. The van der Waals surface area contributed by atoms with Gasteiger partial charge in [0.1, 0.15) is 10.7 Å². The molecule has 1 aromatic carbocycles. The summed E-state index contributed by atoms with van der Waals surface area (Å²) in [6.07, 6.45) is -4.80. The maximum atomic E-state index is 13.1. The first-order valence-corrected chi connectivity index (χ1v) is 6.65. The Balaban J connectivity index is 3.65. The summed E-state index contributed by atoms with van der Waals surface area (Å²) in [6.45, 7) is 0. The molecule has 0 heterocycles. The topological polar surface area (TPSA) is 34.1 Å². The molecule has 16 heavy (non-hydrogen) atoms. The van der Waals surface area contributed by atoms with Crippen LogP contribution in [-0.2, 0) is 15.2 Å². The molecule has 0 saturated carbocycles. The second-order valence-corrected chi connectivity index (χ2v) is 5.97. The number of benzene rings is 1. The van der Waals surface area contributed by atoms with E-state index in [1.165, 1.54) is 0 Å². The van der Waals surface area contributed by atoms with Crippen molar-refractivity contribution in [2.45, 2.75) is 11.1 Å². The minimum atomic E-state index is -4.80. The maximum absolute atomic E-state index is 13.1. The molecule has 0 radical (unpaired) electrons. The average molecular weight is 342 g/mol. The van der Waals surface area contributed by atoms with Crippen molar-refractivity contribution >= 4 is 35.7 Å². The molecule has 0 fully saturated rings. The first-order valence-electron chi connectivity index (χ1n) is 3.55. The molecular formula is C7H2BrClF4O2S. The number of halogens is 6. The largest absolute Gasteiger partial charge is 0.417 e. The molecule has 0 saturated heterocycles. The van der Waals surface area contributed by atoms with E-state index in [9.17, 15) is 26.0 Å². The Labute approximate surface area is 101 Å². The van der Waals surface area contributed by atoms with Gasteiger partial charge in [0, 0.05) is 10.7 Å². The second kappa shape index (κ2) is 4.15. The molecule has 0 N–H and O–H groups in total. The Kier molecular flexibility index (Phi) is 3.56. The molecule has 0 aliphatic carbocycles. The van der Waals surface area contributed by atoms with Crippen LogP contribution in [0, 0.1) is 5.82 Å². The van der Waals surface area contributed by atoms with Crippen molar-refractivity contribution in [3.63, 3.8) is 0 Å². The van der Waals surface area contributed by atoms with E-state index in [2.05, 4.69) is 15.9 Å². The Bertz CT molecular complexity index is 526. The van der Waals surface area contributed by atoms with Crippen molar-refractivity contribution in [2.75, 3.05) is 0 Å². The Morgan fingerprint density at radius 3 is 2.12 bits per heavy atom. The van der Waals surface area contributed by atoms with Crippen LogP contribution in [0.5, 0.6) is 0 Å². The van der Waals surface area contributed by atoms with Crippen LogP contribution in [0.3, 0.4) is 0 Å². The molecule has 0 unspecified atom stereocenters. The Hall–Kier alpha value is -0.340. The van der Waals surface area contributed by atoms with Crippen LogP contribution in [-0.4, -0.2) is 8.42 Å². The van der Waals surface area contributed by atoms with E-state index in [0.29, 0.717) is 12.1 Å². The average Bonchev–Trinajstić information content (AvgIpc) is 1.97. The molecule has 0 aliphatic rings. The summed E-state index contributed by atoms with van der Waals surface area (Å²) in [6, 6.07) is 0.813. The molecule has 0 aromatic heterocycles. The van der Waals surface area contributed by atoms with Gasteiger partial charge in [0.15, 0.2) is 0 Å². The highest BCUT2D eigenvalue weighted by molar-refractivity contribution is 9.10. The lowest BCUT2D eigenvalue weighted by atomic mass is 10.2. The molecule has 9 heteroatoms. The van der Waals surface area contributed by atoms with Gasteiger partial charge in [-0.1, -0.05) is 0 Å². The molecule has 90 valence electrons. The second-order valence-electron chi connectivity index (χ2n) is 2.67. The molecule has 1 rings (SSSR count). The summed E-state index contributed by atoms with van der Waals surface area (Å²) in [5, 5.41) is 0. The zero-order chi connectivity index (χ0) is 12.7. The third-order valence-corrected chi connectivity index (χ3v) is 4.03. The van der Waals surface area contributed by atoms with E-state index in [-0.39, 0.29) is 0 Å². The predicted molar refractivity (Wildman–Crippen MR) is 52.1 cm³/mol. The summed E-state index contributed by atoms with van der Waals surface area (Å²) < 4.78 is 71.0. The molecule has 0 atom stereocenters. The van der Waals surface area contributed by atoms with Gasteiger partial charge >= 0.3 is 6.18 Å². The van der Waals surface area contributed by atoms with Gasteiger partial charge in [-0.15, -0.1) is 0 Å². The summed E-state index contributed by atoms with van der Waals surface area (Å²) in [5.74, 6) is -1.35. The fraction of sp³-hybridized carbons (Fsp3) is 0.143.